The molecule has 0 bridgehead atoms. The van der Waals surface area contributed by atoms with E-state index in [0.29, 0.717) is 6.04 Å². The summed E-state index contributed by atoms with van der Waals surface area (Å²) in [4.78, 5) is 14.1. The lowest BCUT2D eigenvalue weighted by atomic mass is 9.98. The van der Waals surface area contributed by atoms with E-state index in [1.807, 2.05) is 25.7 Å². The molecule has 0 spiro atoms. The smallest absolute Gasteiger partial charge is 0.410 e. The lowest BCUT2D eigenvalue weighted by Crippen LogP contribution is -2.45. The number of ether oxygens (including phenoxy) is 1. The normalized spacial score (nSPS) is 24.3. The molecule has 2 N–H and O–H groups in total. The van der Waals surface area contributed by atoms with Crippen molar-refractivity contribution in [1.82, 2.24) is 15.5 Å². The van der Waals surface area contributed by atoms with Gasteiger partial charge in [0.1, 0.15) is 5.60 Å². The van der Waals surface area contributed by atoms with Crippen LogP contribution < -0.4 is 10.6 Å². The van der Waals surface area contributed by atoms with Gasteiger partial charge in [-0.3, -0.25) is 0 Å². The van der Waals surface area contributed by atoms with Crippen LogP contribution in [0.25, 0.3) is 0 Å². The molecule has 2 aliphatic heterocycles. The van der Waals surface area contributed by atoms with Gasteiger partial charge < -0.3 is 20.3 Å². The Hall–Kier alpha value is -0.810. The molecule has 122 valence electrons. The van der Waals surface area contributed by atoms with Crippen LogP contribution >= 0.6 is 0 Å². The van der Waals surface area contributed by atoms with Crippen molar-refractivity contribution in [3.63, 3.8) is 0 Å². The summed E-state index contributed by atoms with van der Waals surface area (Å²) < 4.78 is 5.50. The average molecular weight is 297 g/mol. The number of rotatable bonds is 4. The minimum Gasteiger partial charge on any atom is -0.444 e. The summed E-state index contributed by atoms with van der Waals surface area (Å²) in [5.41, 5.74) is -0.410. The van der Waals surface area contributed by atoms with Gasteiger partial charge in [-0.2, -0.15) is 0 Å². The third kappa shape index (κ3) is 5.47. The van der Waals surface area contributed by atoms with E-state index in [2.05, 4.69) is 10.6 Å². The Bertz CT molecular complexity index is 335. The molecule has 2 rings (SSSR count). The van der Waals surface area contributed by atoms with E-state index < -0.39 is 5.60 Å². The third-order valence-electron chi connectivity index (χ3n) is 4.28. The van der Waals surface area contributed by atoms with Crippen molar-refractivity contribution < 1.29 is 9.53 Å². The van der Waals surface area contributed by atoms with Gasteiger partial charge in [-0.25, -0.2) is 4.79 Å². The lowest BCUT2D eigenvalue weighted by Gasteiger charge is -2.29. The summed E-state index contributed by atoms with van der Waals surface area (Å²) in [6, 6.07) is 0.293. The van der Waals surface area contributed by atoms with E-state index >= 15 is 0 Å². The molecular weight excluding hydrogens is 266 g/mol. The molecule has 0 aromatic rings. The second-order valence-electron chi connectivity index (χ2n) is 7.32. The Kier molecular flexibility index (Phi) is 5.88. The summed E-state index contributed by atoms with van der Waals surface area (Å²) in [6.07, 6.45) is 4.52. The Balaban J connectivity index is 1.72. The van der Waals surface area contributed by atoms with Crippen molar-refractivity contribution in [2.24, 2.45) is 5.92 Å². The molecule has 1 atom stereocenters. The Morgan fingerprint density at radius 1 is 1.24 bits per heavy atom. The number of piperidine rings is 1. The van der Waals surface area contributed by atoms with Crippen LogP contribution in [0, 0.1) is 5.92 Å². The van der Waals surface area contributed by atoms with Crippen molar-refractivity contribution >= 4 is 6.09 Å². The quantitative estimate of drug-likeness (QED) is 0.833. The zero-order valence-corrected chi connectivity index (χ0v) is 13.8. The fraction of sp³-hybridized carbons (Fsp3) is 0.938. The van der Waals surface area contributed by atoms with E-state index in [1.54, 1.807) is 0 Å². The van der Waals surface area contributed by atoms with Gasteiger partial charge in [0.05, 0.1) is 0 Å². The number of hydrogen-bond donors (Lipinski definition) is 2. The van der Waals surface area contributed by atoms with Gasteiger partial charge in [0, 0.05) is 19.1 Å². The first kappa shape index (κ1) is 16.6. The van der Waals surface area contributed by atoms with E-state index in [9.17, 15) is 4.79 Å². The predicted molar refractivity (Wildman–Crippen MR) is 84.4 cm³/mol. The molecular formula is C16H31N3O2. The van der Waals surface area contributed by atoms with E-state index in [4.69, 9.17) is 4.74 Å². The molecule has 2 heterocycles. The van der Waals surface area contributed by atoms with Crippen molar-refractivity contribution in [2.45, 2.75) is 58.1 Å². The summed E-state index contributed by atoms with van der Waals surface area (Å²) in [5, 5.41) is 6.96. The molecule has 1 unspecified atom stereocenters. The van der Waals surface area contributed by atoms with Gasteiger partial charge in [0.25, 0.3) is 0 Å². The van der Waals surface area contributed by atoms with E-state index in [1.165, 1.54) is 12.8 Å². The number of amides is 1. The minimum absolute atomic E-state index is 0.159. The van der Waals surface area contributed by atoms with Crippen LogP contribution in [0.15, 0.2) is 0 Å². The second kappa shape index (κ2) is 7.45. The first-order chi connectivity index (χ1) is 9.96. The molecule has 0 aromatic heterocycles. The van der Waals surface area contributed by atoms with Crippen LogP contribution in [0.1, 0.15) is 46.5 Å². The highest BCUT2D eigenvalue weighted by molar-refractivity contribution is 5.69. The fourth-order valence-corrected chi connectivity index (χ4v) is 3.15. The van der Waals surface area contributed by atoms with Gasteiger partial charge in [-0.1, -0.05) is 0 Å². The standard InChI is InChI=1S/C16H31N3O2/c1-16(2,3)21-15(20)19-10-4-5-14(19)12-18-11-13-6-8-17-9-7-13/h13-14,17-18H,4-12H2,1-3H3. The highest BCUT2D eigenvalue weighted by atomic mass is 16.6. The first-order valence-electron chi connectivity index (χ1n) is 8.37. The largest absolute Gasteiger partial charge is 0.444 e. The molecule has 5 heteroatoms. The van der Waals surface area contributed by atoms with Gasteiger partial charge in [0.2, 0.25) is 0 Å². The maximum atomic E-state index is 12.2. The number of likely N-dealkylation sites (tertiary alicyclic amines) is 1. The Morgan fingerprint density at radius 3 is 2.62 bits per heavy atom. The minimum atomic E-state index is -0.410. The number of carbonyl (C=O) groups is 1. The molecule has 2 aliphatic rings. The third-order valence-corrected chi connectivity index (χ3v) is 4.28. The van der Waals surface area contributed by atoms with Gasteiger partial charge in [-0.15, -0.1) is 0 Å². The molecule has 0 saturated carbocycles. The van der Waals surface area contributed by atoms with Crippen LogP contribution in [0.3, 0.4) is 0 Å². The highest BCUT2D eigenvalue weighted by Crippen LogP contribution is 2.20. The fourth-order valence-electron chi connectivity index (χ4n) is 3.15. The second-order valence-corrected chi connectivity index (χ2v) is 7.32. The maximum Gasteiger partial charge on any atom is 0.410 e. The maximum absolute atomic E-state index is 12.2. The van der Waals surface area contributed by atoms with Crippen LogP contribution in [0.2, 0.25) is 0 Å². The van der Waals surface area contributed by atoms with Crippen molar-refractivity contribution in [2.75, 3.05) is 32.7 Å². The summed E-state index contributed by atoms with van der Waals surface area (Å²) in [7, 11) is 0. The lowest BCUT2D eigenvalue weighted by molar-refractivity contribution is 0.0226. The molecule has 1 amide bonds. The average Bonchev–Trinajstić information content (AvgIpc) is 2.86. The molecule has 0 radical (unpaired) electrons. The van der Waals surface area contributed by atoms with Gasteiger partial charge in [-0.05, 0) is 72.0 Å². The molecule has 0 aromatic carbocycles. The van der Waals surface area contributed by atoms with Crippen molar-refractivity contribution in [3.8, 4) is 0 Å². The topological polar surface area (TPSA) is 53.6 Å². The highest BCUT2D eigenvalue weighted by Gasteiger charge is 2.31. The SMILES string of the molecule is CC(C)(C)OC(=O)N1CCCC1CNCC1CCNCC1. The summed E-state index contributed by atoms with van der Waals surface area (Å²) >= 11 is 0. The van der Waals surface area contributed by atoms with Crippen molar-refractivity contribution in [3.05, 3.63) is 0 Å². The van der Waals surface area contributed by atoms with Crippen LogP contribution in [-0.2, 0) is 4.74 Å². The number of nitrogens with zero attached hydrogens (tertiary/aromatic N) is 1. The van der Waals surface area contributed by atoms with Crippen molar-refractivity contribution in [1.29, 1.82) is 0 Å². The molecule has 5 nitrogen and oxygen atoms in total. The summed E-state index contributed by atoms with van der Waals surface area (Å²) in [5.74, 6) is 0.780. The molecule has 0 aliphatic carbocycles. The zero-order chi connectivity index (χ0) is 15.3. The van der Waals surface area contributed by atoms with Gasteiger partial charge >= 0.3 is 6.09 Å². The predicted octanol–water partition coefficient (Wildman–Crippen LogP) is 1.98. The molecule has 2 fully saturated rings. The van der Waals surface area contributed by atoms with E-state index in [0.717, 1.165) is 51.5 Å². The molecule has 2 saturated heterocycles. The van der Waals surface area contributed by atoms with Crippen LogP contribution in [-0.4, -0.2) is 55.4 Å². The number of carbonyl (C=O) groups excluding carboxylic acids is 1. The monoisotopic (exact) mass is 297 g/mol. The van der Waals surface area contributed by atoms with Gasteiger partial charge in [0.15, 0.2) is 0 Å². The summed E-state index contributed by atoms with van der Waals surface area (Å²) in [6.45, 7) is 10.8. The molecule has 21 heavy (non-hydrogen) atoms. The van der Waals surface area contributed by atoms with Crippen LogP contribution in [0.4, 0.5) is 4.79 Å². The Labute approximate surface area is 128 Å². The number of hydrogen-bond acceptors (Lipinski definition) is 4. The first-order valence-corrected chi connectivity index (χ1v) is 8.37. The van der Waals surface area contributed by atoms with Crippen LogP contribution in [0.5, 0.6) is 0 Å². The zero-order valence-electron chi connectivity index (χ0n) is 13.8. The number of nitrogens with one attached hydrogen (secondary N) is 2. The Morgan fingerprint density at radius 2 is 1.95 bits per heavy atom. The van der Waals surface area contributed by atoms with E-state index in [-0.39, 0.29) is 6.09 Å².